The number of hydrogen-bond donors (Lipinski definition) is 4. The summed E-state index contributed by atoms with van der Waals surface area (Å²) < 4.78 is 0. The lowest BCUT2D eigenvalue weighted by Crippen LogP contribution is -2.05. The maximum atomic E-state index is 8.87. The summed E-state index contributed by atoms with van der Waals surface area (Å²) in [6, 6.07) is 4.03. The Morgan fingerprint density at radius 2 is 1.60 bits per heavy atom. The molecule has 0 unspecified atom stereocenters. The second-order valence-corrected chi connectivity index (χ2v) is 1.88. The molecular weight excluding hydrogens is 132 g/mol. The summed E-state index contributed by atoms with van der Waals surface area (Å²) in [6.45, 7) is 0. The van der Waals surface area contributed by atoms with Crippen molar-refractivity contribution in [2.45, 2.75) is 0 Å². The fraction of sp³-hybridized carbons (Fsp3) is 0. The van der Waals surface area contributed by atoms with E-state index in [0.29, 0.717) is 5.69 Å². The Bertz CT molecular complexity index is 217. The lowest BCUT2D eigenvalue weighted by Gasteiger charge is -2.00. The molecule has 0 aromatic heterocycles. The molecule has 0 bridgehead atoms. The molecule has 4 nitrogen and oxygen atoms in total. The first kappa shape index (κ1) is 6.70. The Hall–Kier alpha value is -1.42. The van der Waals surface area contributed by atoms with Gasteiger partial charge in [0.1, 0.15) is 11.5 Å². The standard InChI is InChI=1S/C6H8N2O2/c7-8-4-1-5(9)3-6(10)2-4/h1-3,8-10H,7H2. The highest BCUT2D eigenvalue weighted by molar-refractivity contribution is 5.51. The monoisotopic (exact) mass is 140 g/mol. The van der Waals surface area contributed by atoms with Gasteiger partial charge >= 0.3 is 0 Å². The van der Waals surface area contributed by atoms with Crippen molar-refractivity contribution in [3.8, 4) is 11.5 Å². The molecule has 0 saturated heterocycles. The van der Waals surface area contributed by atoms with Crippen LogP contribution >= 0.6 is 0 Å². The first-order valence-electron chi connectivity index (χ1n) is 2.72. The minimum Gasteiger partial charge on any atom is -0.508 e. The van der Waals surface area contributed by atoms with E-state index in [0.717, 1.165) is 0 Å². The molecule has 0 heterocycles. The van der Waals surface area contributed by atoms with E-state index in [1.807, 2.05) is 0 Å². The van der Waals surface area contributed by atoms with Crippen LogP contribution in [0.25, 0.3) is 0 Å². The van der Waals surface area contributed by atoms with Crippen LogP contribution in [0.15, 0.2) is 18.2 Å². The van der Waals surface area contributed by atoms with E-state index in [-0.39, 0.29) is 11.5 Å². The van der Waals surface area contributed by atoms with Gasteiger partial charge in [-0.1, -0.05) is 0 Å². The quantitative estimate of drug-likeness (QED) is 0.336. The van der Waals surface area contributed by atoms with Gasteiger partial charge in [-0.05, 0) is 0 Å². The lowest BCUT2D eigenvalue weighted by molar-refractivity contribution is 0.451. The van der Waals surface area contributed by atoms with E-state index in [4.69, 9.17) is 16.1 Å². The maximum Gasteiger partial charge on any atom is 0.121 e. The third-order valence-electron chi connectivity index (χ3n) is 1.07. The van der Waals surface area contributed by atoms with Crippen LogP contribution in [-0.4, -0.2) is 10.2 Å². The number of anilines is 1. The zero-order valence-corrected chi connectivity index (χ0v) is 5.20. The first-order valence-corrected chi connectivity index (χ1v) is 2.72. The zero-order valence-electron chi connectivity index (χ0n) is 5.20. The van der Waals surface area contributed by atoms with E-state index in [2.05, 4.69) is 5.43 Å². The lowest BCUT2D eigenvalue weighted by atomic mass is 10.3. The molecule has 1 aromatic rings. The summed E-state index contributed by atoms with van der Waals surface area (Å²) in [5.74, 6) is 4.97. The number of hydrazine groups is 1. The number of phenolic OH excluding ortho intramolecular Hbond substituents is 2. The number of nitrogen functional groups attached to an aromatic ring is 1. The van der Waals surface area contributed by atoms with Crippen molar-refractivity contribution in [2.75, 3.05) is 5.43 Å². The van der Waals surface area contributed by atoms with E-state index in [1.165, 1.54) is 18.2 Å². The fourth-order valence-electron chi connectivity index (χ4n) is 0.678. The molecule has 5 N–H and O–H groups in total. The molecule has 1 rings (SSSR count). The number of rotatable bonds is 1. The Morgan fingerprint density at radius 3 is 2.00 bits per heavy atom. The predicted molar refractivity (Wildman–Crippen MR) is 37.6 cm³/mol. The minimum absolute atomic E-state index is 0.0204. The van der Waals surface area contributed by atoms with Gasteiger partial charge in [-0.25, -0.2) is 0 Å². The van der Waals surface area contributed by atoms with E-state index >= 15 is 0 Å². The normalized spacial score (nSPS) is 9.30. The van der Waals surface area contributed by atoms with Crippen LogP contribution in [0.3, 0.4) is 0 Å². The van der Waals surface area contributed by atoms with Gasteiger partial charge in [-0.15, -0.1) is 0 Å². The summed E-state index contributed by atoms with van der Waals surface area (Å²) in [5.41, 5.74) is 2.76. The van der Waals surface area contributed by atoms with Crippen molar-refractivity contribution in [3.63, 3.8) is 0 Å². The van der Waals surface area contributed by atoms with Crippen LogP contribution in [0, 0.1) is 0 Å². The molecule has 1 aromatic carbocycles. The van der Waals surface area contributed by atoms with E-state index < -0.39 is 0 Å². The second kappa shape index (κ2) is 2.45. The van der Waals surface area contributed by atoms with Crippen molar-refractivity contribution >= 4 is 5.69 Å². The van der Waals surface area contributed by atoms with Crippen molar-refractivity contribution in [1.29, 1.82) is 0 Å². The molecule has 4 heteroatoms. The van der Waals surface area contributed by atoms with Crippen LogP contribution in [0.2, 0.25) is 0 Å². The maximum absolute atomic E-state index is 8.87. The molecule has 0 radical (unpaired) electrons. The number of phenols is 2. The summed E-state index contributed by atoms with van der Waals surface area (Å²) in [4.78, 5) is 0. The molecule has 0 atom stereocenters. The highest BCUT2D eigenvalue weighted by Gasteiger charge is 1.95. The van der Waals surface area contributed by atoms with Gasteiger partial charge in [0.2, 0.25) is 0 Å². The summed E-state index contributed by atoms with van der Waals surface area (Å²) in [6.07, 6.45) is 0. The van der Waals surface area contributed by atoms with Gasteiger partial charge in [-0.2, -0.15) is 0 Å². The van der Waals surface area contributed by atoms with Gasteiger partial charge in [0.05, 0.1) is 5.69 Å². The number of benzene rings is 1. The van der Waals surface area contributed by atoms with Crippen LogP contribution in [-0.2, 0) is 0 Å². The SMILES string of the molecule is NNc1cc(O)cc(O)c1. The van der Waals surface area contributed by atoms with Crippen LogP contribution in [0.5, 0.6) is 11.5 Å². The third kappa shape index (κ3) is 1.29. The highest BCUT2D eigenvalue weighted by Crippen LogP contribution is 2.22. The largest absolute Gasteiger partial charge is 0.508 e. The Balaban J connectivity index is 3.06. The molecule has 54 valence electrons. The molecule has 10 heavy (non-hydrogen) atoms. The summed E-state index contributed by atoms with van der Waals surface area (Å²) in [7, 11) is 0. The van der Waals surface area contributed by atoms with Gasteiger partial charge in [0.25, 0.3) is 0 Å². The Kier molecular flexibility index (Phi) is 1.64. The minimum atomic E-state index is -0.0204. The van der Waals surface area contributed by atoms with Crippen molar-refractivity contribution in [3.05, 3.63) is 18.2 Å². The Morgan fingerprint density at radius 1 is 1.10 bits per heavy atom. The first-order chi connectivity index (χ1) is 4.72. The van der Waals surface area contributed by atoms with E-state index in [1.54, 1.807) is 0 Å². The molecule has 0 fully saturated rings. The number of nitrogens with one attached hydrogen (secondary N) is 1. The predicted octanol–water partition coefficient (Wildman–Crippen LogP) is 0.383. The zero-order chi connectivity index (χ0) is 7.56. The van der Waals surface area contributed by atoms with Crippen molar-refractivity contribution < 1.29 is 10.2 Å². The Labute approximate surface area is 57.9 Å². The molecule has 0 amide bonds. The molecular formula is C6H8N2O2. The van der Waals surface area contributed by atoms with Gasteiger partial charge in [0, 0.05) is 18.2 Å². The number of nitrogens with two attached hydrogens (primary N) is 1. The molecule has 0 aliphatic carbocycles. The van der Waals surface area contributed by atoms with Gasteiger partial charge in [-0.3, -0.25) is 5.84 Å². The topological polar surface area (TPSA) is 78.5 Å². The van der Waals surface area contributed by atoms with Crippen LogP contribution < -0.4 is 11.3 Å². The fourth-order valence-corrected chi connectivity index (χ4v) is 0.678. The average Bonchev–Trinajstić information content (AvgIpc) is 1.85. The molecule has 0 saturated carbocycles. The second-order valence-electron chi connectivity index (χ2n) is 1.88. The molecule has 0 aliphatic rings. The highest BCUT2D eigenvalue weighted by atomic mass is 16.3. The van der Waals surface area contributed by atoms with Crippen LogP contribution in [0.4, 0.5) is 5.69 Å². The smallest absolute Gasteiger partial charge is 0.121 e. The van der Waals surface area contributed by atoms with Gasteiger partial charge < -0.3 is 15.6 Å². The number of aromatic hydroxyl groups is 2. The molecule has 0 spiro atoms. The average molecular weight is 140 g/mol. The van der Waals surface area contributed by atoms with Crippen LogP contribution in [0.1, 0.15) is 0 Å². The summed E-state index contributed by atoms with van der Waals surface area (Å²) >= 11 is 0. The van der Waals surface area contributed by atoms with Gasteiger partial charge in [0.15, 0.2) is 0 Å². The molecule has 0 aliphatic heterocycles. The van der Waals surface area contributed by atoms with Crippen molar-refractivity contribution in [2.24, 2.45) is 5.84 Å². The van der Waals surface area contributed by atoms with E-state index in [9.17, 15) is 0 Å². The number of hydrogen-bond acceptors (Lipinski definition) is 4. The third-order valence-corrected chi connectivity index (χ3v) is 1.07. The summed E-state index contributed by atoms with van der Waals surface area (Å²) in [5, 5.41) is 17.7. The van der Waals surface area contributed by atoms with Crippen molar-refractivity contribution in [1.82, 2.24) is 0 Å².